The molecule has 80 valence electrons. The van der Waals surface area contributed by atoms with E-state index in [-0.39, 0.29) is 0 Å². The minimum Gasteiger partial charge on any atom is -0.366 e. The molecule has 1 aromatic carbocycles. The molecule has 15 heavy (non-hydrogen) atoms. The zero-order valence-corrected chi connectivity index (χ0v) is 9.03. The molecule has 1 unspecified atom stereocenters. The molecule has 0 saturated heterocycles. The van der Waals surface area contributed by atoms with Gasteiger partial charge >= 0.3 is 0 Å². The molecule has 1 atom stereocenters. The average molecular weight is 204 g/mol. The van der Waals surface area contributed by atoms with Crippen LogP contribution >= 0.6 is 0 Å². The minimum atomic E-state index is -0.394. The van der Waals surface area contributed by atoms with E-state index in [1.165, 1.54) is 0 Å². The van der Waals surface area contributed by atoms with E-state index in [9.17, 15) is 4.79 Å². The van der Waals surface area contributed by atoms with Gasteiger partial charge in [0.1, 0.15) is 0 Å². The molecule has 1 amide bonds. The van der Waals surface area contributed by atoms with Crippen molar-refractivity contribution >= 4 is 12.0 Å². The van der Waals surface area contributed by atoms with Crippen LogP contribution in [0.3, 0.4) is 0 Å². The first-order valence-corrected chi connectivity index (χ1v) is 4.89. The van der Waals surface area contributed by atoms with Crippen LogP contribution in [0.5, 0.6) is 0 Å². The number of amides is 1. The van der Waals surface area contributed by atoms with E-state index in [1.807, 2.05) is 25.3 Å². The predicted molar refractivity (Wildman–Crippen MR) is 62.5 cm³/mol. The molecule has 0 aliphatic rings. The summed E-state index contributed by atoms with van der Waals surface area (Å²) in [6.07, 6.45) is 4.06. The third-order valence-electron chi connectivity index (χ3n) is 2.23. The number of benzene rings is 1. The summed E-state index contributed by atoms with van der Waals surface area (Å²) in [5, 5.41) is 3.10. The molecule has 3 nitrogen and oxygen atoms in total. The minimum absolute atomic E-state index is 0.334. The van der Waals surface area contributed by atoms with Crippen molar-refractivity contribution in [1.82, 2.24) is 5.32 Å². The zero-order chi connectivity index (χ0) is 11.3. The lowest BCUT2D eigenvalue weighted by molar-refractivity contribution is 0.100. The van der Waals surface area contributed by atoms with Gasteiger partial charge in [0.2, 0.25) is 5.91 Å². The van der Waals surface area contributed by atoms with Gasteiger partial charge in [-0.15, -0.1) is 0 Å². The van der Waals surface area contributed by atoms with Gasteiger partial charge in [-0.1, -0.05) is 24.3 Å². The molecule has 0 fully saturated rings. The largest absolute Gasteiger partial charge is 0.366 e. The number of hydrogen-bond donors (Lipinski definition) is 2. The summed E-state index contributed by atoms with van der Waals surface area (Å²) >= 11 is 0. The maximum Gasteiger partial charge on any atom is 0.248 e. The highest BCUT2D eigenvalue weighted by Gasteiger charge is 1.97. The zero-order valence-electron chi connectivity index (χ0n) is 9.03. The highest BCUT2D eigenvalue weighted by Crippen LogP contribution is 2.06. The van der Waals surface area contributed by atoms with Crippen LogP contribution in [0.15, 0.2) is 30.3 Å². The van der Waals surface area contributed by atoms with Gasteiger partial charge in [-0.05, 0) is 31.7 Å². The number of rotatable bonds is 4. The highest BCUT2D eigenvalue weighted by molar-refractivity contribution is 5.92. The van der Waals surface area contributed by atoms with Gasteiger partial charge in [-0.3, -0.25) is 4.79 Å². The second kappa shape index (κ2) is 5.32. The summed E-state index contributed by atoms with van der Waals surface area (Å²) in [6.45, 7) is 2.06. The second-order valence-corrected chi connectivity index (χ2v) is 3.42. The van der Waals surface area contributed by atoms with Gasteiger partial charge < -0.3 is 11.1 Å². The molecule has 0 spiro atoms. The lowest BCUT2D eigenvalue weighted by Gasteiger charge is -2.02. The van der Waals surface area contributed by atoms with Crippen molar-refractivity contribution in [1.29, 1.82) is 0 Å². The Hall–Kier alpha value is -1.61. The number of carbonyl (C=O) groups excluding carboxylic acids is 1. The van der Waals surface area contributed by atoms with Crippen LogP contribution in [0, 0.1) is 0 Å². The summed E-state index contributed by atoms with van der Waals surface area (Å²) < 4.78 is 0. The predicted octanol–water partition coefficient (Wildman–Crippen LogP) is 1.41. The fourth-order valence-corrected chi connectivity index (χ4v) is 1.11. The van der Waals surface area contributed by atoms with Crippen LogP contribution in [-0.2, 0) is 0 Å². The maximum absolute atomic E-state index is 10.8. The van der Waals surface area contributed by atoms with Crippen LogP contribution in [0.2, 0.25) is 0 Å². The molecule has 0 radical (unpaired) electrons. The summed E-state index contributed by atoms with van der Waals surface area (Å²) in [5.74, 6) is -0.394. The third kappa shape index (κ3) is 3.56. The van der Waals surface area contributed by atoms with Gasteiger partial charge in [0.05, 0.1) is 0 Å². The summed E-state index contributed by atoms with van der Waals surface area (Å²) in [6, 6.07) is 7.54. The topological polar surface area (TPSA) is 55.1 Å². The van der Waals surface area contributed by atoms with Gasteiger partial charge in [0, 0.05) is 11.6 Å². The Balaban J connectivity index is 2.72. The van der Waals surface area contributed by atoms with Gasteiger partial charge in [0.15, 0.2) is 0 Å². The molecule has 0 heterocycles. The van der Waals surface area contributed by atoms with Crippen LogP contribution < -0.4 is 11.1 Å². The van der Waals surface area contributed by atoms with E-state index >= 15 is 0 Å². The molecular formula is C12H16N2O. The fraction of sp³-hybridized carbons (Fsp3) is 0.250. The molecule has 0 aliphatic heterocycles. The molecule has 0 aromatic heterocycles. The van der Waals surface area contributed by atoms with Crippen molar-refractivity contribution in [2.75, 3.05) is 7.05 Å². The van der Waals surface area contributed by atoms with Crippen molar-refractivity contribution < 1.29 is 4.79 Å². The van der Waals surface area contributed by atoms with Crippen LogP contribution in [0.25, 0.3) is 6.08 Å². The first kappa shape index (κ1) is 11.5. The molecule has 0 saturated carbocycles. The van der Waals surface area contributed by atoms with Crippen LogP contribution in [-0.4, -0.2) is 19.0 Å². The van der Waals surface area contributed by atoms with E-state index in [0.29, 0.717) is 11.6 Å². The molecule has 3 heteroatoms. The summed E-state index contributed by atoms with van der Waals surface area (Å²) in [5.41, 5.74) is 6.73. The normalized spacial score (nSPS) is 12.9. The van der Waals surface area contributed by atoms with Gasteiger partial charge in [0.25, 0.3) is 0 Å². The SMILES string of the molecule is CNC(C)/C=C/c1ccc(C(N)=O)cc1. The fourth-order valence-electron chi connectivity index (χ4n) is 1.11. The molecular weight excluding hydrogens is 188 g/mol. The monoisotopic (exact) mass is 204 g/mol. The molecule has 1 rings (SSSR count). The number of carbonyl (C=O) groups is 1. The van der Waals surface area contributed by atoms with Crippen LogP contribution in [0.1, 0.15) is 22.8 Å². The van der Waals surface area contributed by atoms with E-state index < -0.39 is 5.91 Å². The first-order chi connectivity index (χ1) is 7.13. The third-order valence-corrected chi connectivity index (χ3v) is 2.23. The Bertz CT molecular complexity index is 354. The van der Waals surface area contributed by atoms with E-state index in [0.717, 1.165) is 5.56 Å². The van der Waals surface area contributed by atoms with Crippen molar-refractivity contribution in [3.05, 3.63) is 41.5 Å². The standard InChI is InChI=1S/C12H16N2O/c1-9(14-2)3-4-10-5-7-11(8-6-10)12(13)15/h3-9,14H,1-2H3,(H2,13,15)/b4-3+. The molecule has 1 aromatic rings. The maximum atomic E-state index is 10.8. The van der Waals surface area contributed by atoms with E-state index in [1.54, 1.807) is 12.1 Å². The molecule has 0 bridgehead atoms. The Morgan fingerprint density at radius 3 is 2.47 bits per heavy atom. The average Bonchev–Trinajstić information content (AvgIpc) is 2.26. The van der Waals surface area contributed by atoms with Crippen molar-refractivity contribution in [2.24, 2.45) is 5.73 Å². The Morgan fingerprint density at radius 2 is 2.00 bits per heavy atom. The van der Waals surface area contributed by atoms with Gasteiger partial charge in [-0.2, -0.15) is 0 Å². The number of likely N-dealkylation sites (N-methyl/N-ethyl adjacent to an activating group) is 1. The van der Waals surface area contributed by atoms with Crippen molar-refractivity contribution in [3.8, 4) is 0 Å². The summed E-state index contributed by atoms with van der Waals surface area (Å²) in [4.78, 5) is 10.8. The second-order valence-electron chi connectivity index (χ2n) is 3.42. The Morgan fingerprint density at radius 1 is 1.40 bits per heavy atom. The van der Waals surface area contributed by atoms with Gasteiger partial charge in [-0.25, -0.2) is 0 Å². The lowest BCUT2D eigenvalue weighted by atomic mass is 10.1. The van der Waals surface area contributed by atoms with E-state index in [2.05, 4.69) is 18.3 Å². The van der Waals surface area contributed by atoms with Crippen molar-refractivity contribution in [3.63, 3.8) is 0 Å². The number of nitrogens with two attached hydrogens (primary N) is 1. The van der Waals surface area contributed by atoms with Crippen molar-refractivity contribution in [2.45, 2.75) is 13.0 Å². The quantitative estimate of drug-likeness (QED) is 0.779. The smallest absolute Gasteiger partial charge is 0.248 e. The number of primary amides is 1. The summed E-state index contributed by atoms with van der Waals surface area (Å²) in [7, 11) is 1.91. The highest BCUT2D eigenvalue weighted by atomic mass is 16.1. The number of hydrogen-bond acceptors (Lipinski definition) is 2. The lowest BCUT2D eigenvalue weighted by Crippen LogP contribution is -2.17. The Labute approximate surface area is 90.0 Å². The van der Waals surface area contributed by atoms with E-state index in [4.69, 9.17) is 5.73 Å². The number of nitrogens with one attached hydrogen (secondary N) is 1. The van der Waals surface area contributed by atoms with Crippen LogP contribution in [0.4, 0.5) is 0 Å². The molecule has 3 N–H and O–H groups in total. The molecule has 0 aliphatic carbocycles. The first-order valence-electron chi connectivity index (χ1n) is 4.89. The Kier molecular flexibility index (Phi) is 4.06.